The number of aryl methyl sites for hydroxylation is 1. The van der Waals surface area contributed by atoms with Crippen LogP contribution >= 0.6 is 39.9 Å². The molecule has 0 bridgehead atoms. The highest BCUT2D eigenvalue weighted by Crippen LogP contribution is 2.35. The molecule has 0 spiro atoms. The molecule has 0 atom stereocenters. The van der Waals surface area contributed by atoms with E-state index >= 15 is 0 Å². The van der Waals surface area contributed by atoms with Crippen molar-refractivity contribution in [2.75, 3.05) is 0 Å². The highest BCUT2D eigenvalue weighted by molar-refractivity contribution is 9.10. The van der Waals surface area contributed by atoms with E-state index < -0.39 is 0 Å². The van der Waals surface area contributed by atoms with Gasteiger partial charge in [0.25, 0.3) is 0 Å². The topological polar surface area (TPSA) is 0 Å². The second-order valence-electron chi connectivity index (χ2n) is 2.93. The average Bonchev–Trinajstić information content (AvgIpc) is 2.48. The van der Waals surface area contributed by atoms with Crippen LogP contribution in [0.2, 0.25) is 0 Å². The van der Waals surface area contributed by atoms with E-state index in [0.29, 0.717) is 0 Å². The maximum atomic E-state index is 4.42. The predicted molar refractivity (Wildman–Crippen MR) is 66.2 cm³/mol. The van der Waals surface area contributed by atoms with Crippen LogP contribution in [0.3, 0.4) is 0 Å². The summed E-state index contributed by atoms with van der Waals surface area (Å²) in [6, 6.07) is 4.41. The molecule has 0 saturated carbocycles. The summed E-state index contributed by atoms with van der Waals surface area (Å²) in [6.45, 7) is 2.16. The minimum absolute atomic E-state index is 1.07. The first kappa shape index (κ1) is 9.56. The van der Waals surface area contributed by atoms with Crippen molar-refractivity contribution in [3.8, 4) is 0 Å². The summed E-state index contributed by atoms with van der Waals surface area (Å²) in [5.41, 5.74) is 1.35. The third-order valence-corrected chi connectivity index (χ3v) is 4.54. The van der Waals surface area contributed by atoms with Crippen LogP contribution < -0.4 is 0 Å². The van der Waals surface area contributed by atoms with Crippen molar-refractivity contribution in [1.82, 2.24) is 0 Å². The molecule has 0 nitrogen and oxygen atoms in total. The van der Waals surface area contributed by atoms with Crippen LogP contribution in [0.15, 0.2) is 26.9 Å². The normalized spacial score (nSPS) is 11.0. The van der Waals surface area contributed by atoms with Crippen LogP contribution in [-0.2, 0) is 6.42 Å². The first-order valence-electron chi connectivity index (χ1n) is 4.11. The fourth-order valence-electron chi connectivity index (χ4n) is 1.34. The number of fused-ring (bicyclic) bond motifs is 1. The standard InChI is InChI=1S/C10H9BrS2/c1-2-6-3-7-9(12)5-13-10(7)8(11)4-6/h3-5,12H,2H2,1H3. The van der Waals surface area contributed by atoms with Crippen molar-refractivity contribution >= 4 is 50.0 Å². The average molecular weight is 273 g/mol. The molecule has 0 amide bonds. The Morgan fingerprint density at radius 2 is 2.23 bits per heavy atom. The molecule has 1 heterocycles. The Morgan fingerprint density at radius 1 is 1.46 bits per heavy atom. The van der Waals surface area contributed by atoms with Gasteiger partial charge in [-0.15, -0.1) is 24.0 Å². The van der Waals surface area contributed by atoms with Gasteiger partial charge in [0.15, 0.2) is 0 Å². The summed E-state index contributed by atoms with van der Waals surface area (Å²) in [6.07, 6.45) is 1.07. The van der Waals surface area contributed by atoms with E-state index in [1.165, 1.54) is 20.1 Å². The number of hydrogen-bond donors (Lipinski definition) is 1. The molecule has 0 unspecified atom stereocenters. The minimum atomic E-state index is 1.07. The van der Waals surface area contributed by atoms with Crippen LogP contribution in [0.1, 0.15) is 12.5 Å². The fourth-order valence-corrected chi connectivity index (χ4v) is 3.36. The fraction of sp³-hybridized carbons (Fsp3) is 0.200. The van der Waals surface area contributed by atoms with E-state index in [2.05, 4.69) is 53.0 Å². The number of halogens is 1. The molecule has 3 heteroatoms. The lowest BCUT2D eigenvalue weighted by Crippen LogP contribution is -1.79. The molecule has 0 N–H and O–H groups in total. The van der Waals surface area contributed by atoms with Gasteiger partial charge in [-0.3, -0.25) is 0 Å². The number of thiophene rings is 1. The summed E-state index contributed by atoms with van der Waals surface area (Å²) >= 11 is 9.74. The Bertz CT molecular complexity index is 445. The molecule has 68 valence electrons. The van der Waals surface area contributed by atoms with Gasteiger partial charge < -0.3 is 0 Å². The van der Waals surface area contributed by atoms with Crippen LogP contribution in [-0.4, -0.2) is 0 Å². The molecule has 0 radical (unpaired) electrons. The largest absolute Gasteiger partial charge is 0.142 e. The summed E-state index contributed by atoms with van der Waals surface area (Å²) < 4.78 is 2.48. The minimum Gasteiger partial charge on any atom is -0.142 e. The summed E-state index contributed by atoms with van der Waals surface area (Å²) in [7, 11) is 0. The Morgan fingerprint density at radius 3 is 2.92 bits per heavy atom. The SMILES string of the molecule is CCc1cc(Br)c2scc(S)c2c1. The Kier molecular flexibility index (Phi) is 2.67. The smallest absolute Gasteiger partial charge is 0.0496 e. The molecule has 1 aromatic heterocycles. The van der Waals surface area contributed by atoms with E-state index in [0.717, 1.165) is 11.3 Å². The van der Waals surface area contributed by atoms with Crippen molar-refractivity contribution < 1.29 is 0 Å². The van der Waals surface area contributed by atoms with Crippen molar-refractivity contribution in [3.63, 3.8) is 0 Å². The highest BCUT2D eigenvalue weighted by atomic mass is 79.9. The van der Waals surface area contributed by atoms with Crippen LogP contribution in [0, 0.1) is 0 Å². The van der Waals surface area contributed by atoms with E-state index in [9.17, 15) is 0 Å². The Labute approximate surface area is 95.5 Å². The zero-order valence-electron chi connectivity index (χ0n) is 7.17. The van der Waals surface area contributed by atoms with Gasteiger partial charge in [0.2, 0.25) is 0 Å². The molecule has 0 aliphatic heterocycles. The lowest BCUT2D eigenvalue weighted by Gasteiger charge is -2.00. The first-order chi connectivity index (χ1) is 6.22. The van der Waals surface area contributed by atoms with Crippen molar-refractivity contribution in [2.24, 2.45) is 0 Å². The van der Waals surface area contributed by atoms with E-state index in [4.69, 9.17) is 0 Å². The summed E-state index contributed by atoms with van der Waals surface area (Å²) in [5, 5.41) is 3.34. The van der Waals surface area contributed by atoms with Gasteiger partial charge in [-0.05, 0) is 40.0 Å². The van der Waals surface area contributed by atoms with Gasteiger partial charge in [-0.2, -0.15) is 0 Å². The van der Waals surface area contributed by atoms with E-state index in [-0.39, 0.29) is 0 Å². The molecule has 0 aliphatic carbocycles. The van der Waals surface area contributed by atoms with Gasteiger partial charge in [-0.25, -0.2) is 0 Å². The molecular formula is C10H9BrS2. The van der Waals surface area contributed by atoms with Crippen molar-refractivity contribution in [2.45, 2.75) is 18.2 Å². The monoisotopic (exact) mass is 272 g/mol. The van der Waals surface area contributed by atoms with Crippen molar-refractivity contribution in [3.05, 3.63) is 27.5 Å². The zero-order valence-corrected chi connectivity index (χ0v) is 10.5. The van der Waals surface area contributed by atoms with Crippen LogP contribution in [0.25, 0.3) is 10.1 Å². The maximum absolute atomic E-state index is 4.42. The van der Waals surface area contributed by atoms with Crippen LogP contribution in [0.4, 0.5) is 0 Å². The molecule has 2 rings (SSSR count). The van der Waals surface area contributed by atoms with E-state index in [1.54, 1.807) is 11.3 Å². The van der Waals surface area contributed by atoms with Gasteiger partial charge in [0.05, 0.1) is 0 Å². The van der Waals surface area contributed by atoms with Crippen LogP contribution in [0.5, 0.6) is 0 Å². The Balaban J connectivity index is 2.80. The number of rotatable bonds is 1. The van der Waals surface area contributed by atoms with Crippen molar-refractivity contribution in [1.29, 1.82) is 0 Å². The molecule has 0 saturated heterocycles. The lowest BCUT2D eigenvalue weighted by molar-refractivity contribution is 1.14. The van der Waals surface area contributed by atoms with Gasteiger partial charge >= 0.3 is 0 Å². The highest BCUT2D eigenvalue weighted by Gasteiger charge is 2.05. The maximum Gasteiger partial charge on any atom is 0.0496 e. The molecule has 1 aromatic carbocycles. The third kappa shape index (κ3) is 1.65. The Hall–Kier alpha value is 0.01000. The van der Waals surface area contributed by atoms with Gasteiger partial charge in [0.1, 0.15) is 0 Å². The molecule has 13 heavy (non-hydrogen) atoms. The quantitative estimate of drug-likeness (QED) is 0.726. The number of thiol groups is 1. The zero-order chi connectivity index (χ0) is 9.42. The molecular weight excluding hydrogens is 264 g/mol. The second kappa shape index (κ2) is 3.64. The number of hydrogen-bond acceptors (Lipinski definition) is 2. The van der Waals surface area contributed by atoms with Gasteiger partial charge in [-0.1, -0.05) is 6.92 Å². The first-order valence-corrected chi connectivity index (χ1v) is 6.23. The third-order valence-electron chi connectivity index (χ3n) is 2.08. The molecule has 0 aliphatic rings. The molecule has 2 aromatic rings. The predicted octanol–water partition coefficient (Wildman–Crippen LogP) is 4.51. The second-order valence-corrected chi connectivity index (χ2v) is 5.14. The lowest BCUT2D eigenvalue weighted by atomic mass is 10.1. The summed E-state index contributed by atoms with van der Waals surface area (Å²) in [4.78, 5) is 1.08. The van der Waals surface area contributed by atoms with Gasteiger partial charge in [0, 0.05) is 24.8 Å². The summed E-state index contributed by atoms with van der Waals surface area (Å²) in [5.74, 6) is 0. The molecule has 0 fully saturated rings. The van der Waals surface area contributed by atoms with E-state index in [1.807, 2.05) is 0 Å². The number of benzene rings is 1.